The van der Waals surface area contributed by atoms with Crippen molar-refractivity contribution in [1.82, 2.24) is 0 Å². The van der Waals surface area contributed by atoms with E-state index in [1.807, 2.05) is 0 Å². The lowest BCUT2D eigenvalue weighted by molar-refractivity contribution is -0.167. The van der Waals surface area contributed by atoms with Gasteiger partial charge in [0, 0.05) is 18.3 Å². The summed E-state index contributed by atoms with van der Waals surface area (Å²) in [6.45, 7) is 7.30. The zero-order valence-electron chi connectivity index (χ0n) is 17.1. The Hall–Kier alpha value is -0.840. The van der Waals surface area contributed by atoms with E-state index in [-0.39, 0.29) is 0 Å². The second-order valence-corrected chi connectivity index (χ2v) is 10.5. The Labute approximate surface area is 160 Å². The van der Waals surface area contributed by atoms with Crippen molar-refractivity contribution in [3.05, 3.63) is 0 Å². The number of carbonyl (C=O) groups is 1. The van der Waals surface area contributed by atoms with Gasteiger partial charge in [-0.05, 0) is 85.9 Å². The Balaban J connectivity index is 1.68. The van der Waals surface area contributed by atoms with Crippen LogP contribution in [0.15, 0.2) is 0 Å². The number of carbonyl (C=O) groups excluding carboxylic acids is 1. The number of nitriles is 1. The molecule has 0 aromatic heterocycles. The van der Waals surface area contributed by atoms with E-state index >= 15 is 0 Å². The Morgan fingerprint density at radius 2 is 1.77 bits per heavy atom. The first kappa shape index (κ1) is 18.5. The van der Waals surface area contributed by atoms with Crippen LogP contribution in [-0.4, -0.2) is 5.78 Å². The number of ketones is 1. The van der Waals surface area contributed by atoms with Gasteiger partial charge in [-0.3, -0.25) is 4.79 Å². The van der Waals surface area contributed by atoms with E-state index in [1.54, 1.807) is 0 Å². The molecule has 7 unspecified atom stereocenters. The second kappa shape index (κ2) is 6.65. The Kier molecular flexibility index (Phi) is 4.73. The van der Waals surface area contributed by atoms with Gasteiger partial charge in [-0.15, -0.1) is 0 Å². The minimum absolute atomic E-state index is 0.309. The van der Waals surface area contributed by atoms with E-state index in [2.05, 4.69) is 26.8 Å². The summed E-state index contributed by atoms with van der Waals surface area (Å²) in [4.78, 5) is 13.7. The first-order valence-corrected chi connectivity index (χ1v) is 11.4. The van der Waals surface area contributed by atoms with Gasteiger partial charge < -0.3 is 0 Å². The van der Waals surface area contributed by atoms with Crippen LogP contribution in [0, 0.1) is 57.7 Å². The standard InChI is InChI=1S/C24H37NO/c1-4-17-18-9-5-6-13-24(18,3)20-12-14-23(2)16(8-7-15-25)10-11-19(23)21(20)22(17)26/h16-21H,4-14H2,1-3H3/t16-,17?,18?,19?,20?,21?,23?,24?/m0/s1. The largest absolute Gasteiger partial charge is 0.299 e. The summed E-state index contributed by atoms with van der Waals surface area (Å²) in [5.41, 5.74) is 0.716. The fourth-order valence-corrected chi connectivity index (χ4v) is 8.54. The van der Waals surface area contributed by atoms with Gasteiger partial charge in [-0.25, -0.2) is 0 Å². The van der Waals surface area contributed by atoms with Crippen molar-refractivity contribution in [3.8, 4) is 6.07 Å². The van der Waals surface area contributed by atoms with Gasteiger partial charge in [-0.1, -0.05) is 33.6 Å². The molecule has 0 amide bonds. The van der Waals surface area contributed by atoms with Gasteiger partial charge in [0.1, 0.15) is 5.78 Å². The minimum Gasteiger partial charge on any atom is -0.299 e. The predicted molar refractivity (Wildman–Crippen MR) is 104 cm³/mol. The third-order valence-corrected chi connectivity index (χ3v) is 9.87. The van der Waals surface area contributed by atoms with Crippen LogP contribution in [0.4, 0.5) is 0 Å². The lowest BCUT2D eigenvalue weighted by Gasteiger charge is -2.61. The molecule has 0 aliphatic heterocycles. The monoisotopic (exact) mass is 355 g/mol. The normalized spacial score (nSPS) is 50.5. The lowest BCUT2D eigenvalue weighted by Crippen LogP contribution is -2.59. The van der Waals surface area contributed by atoms with E-state index in [0.717, 1.165) is 12.8 Å². The zero-order chi connectivity index (χ0) is 18.5. The highest BCUT2D eigenvalue weighted by atomic mass is 16.1. The smallest absolute Gasteiger partial charge is 0.139 e. The van der Waals surface area contributed by atoms with Crippen molar-refractivity contribution in [2.75, 3.05) is 0 Å². The number of hydrogen-bond acceptors (Lipinski definition) is 2. The average Bonchev–Trinajstić information content (AvgIpc) is 2.97. The predicted octanol–water partition coefficient (Wildman–Crippen LogP) is 6.15. The van der Waals surface area contributed by atoms with Crippen LogP contribution in [0.1, 0.15) is 91.4 Å². The van der Waals surface area contributed by atoms with Crippen molar-refractivity contribution in [1.29, 1.82) is 5.26 Å². The number of Topliss-reactive ketones (excluding diaryl/α,β-unsaturated/α-hetero) is 1. The highest BCUT2D eigenvalue weighted by Crippen LogP contribution is 2.68. The average molecular weight is 356 g/mol. The van der Waals surface area contributed by atoms with Crippen LogP contribution in [0.25, 0.3) is 0 Å². The van der Waals surface area contributed by atoms with Crippen molar-refractivity contribution >= 4 is 5.78 Å². The maximum Gasteiger partial charge on any atom is 0.139 e. The van der Waals surface area contributed by atoms with Crippen LogP contribution in [0.5, 0.6) is 0 Å². The molecule has 0 aromatic carbocycles. The molecule has 0 aromatic rings. The van der Waals surface area contributed by atoms with Crippen LogP contribution in [0.3, 0.4) is 0 Å². The molecule has 144 valence electrons. The van der Waals surface area contributed by atoms with Gasteiger partial charge >= 0.3 is 0 Å². The first-order valence-electron chi connectivity index (χ1n) is 11.4. The van der Waals surface area contributed by atoms with E-state index < -0.39 is 0 Å². The van der Waals surface area contributed by atoms with Crippen LogP contribution < -0.4 is 0 Å². The van der Waals surface area contributed by atoms with Crippen LogP contribution >= 0.6 is 0 Å². The van der Waals surface area contributed by atoms with Crippen molar-refractivity contribution < 1.29 is 4.79 Å². The summed E-state index contributed by atoms with van der Waals surface area (Å²) in [5.74, 6) is 3.83. The molecule has 4 fully saturated rings. The Morgan fingerprint density at radius 1 is 1.00 bits per heavy atom. The molecule has 2 heteroatoms. The molecule has 26 heavy (non-hydrogen) atoms. The van der Waals surface area contributed by atoms with E-state index in [9.17, 15) is 4.79 Å². The van der Waals surface area contributed by atoms with E-state index in [1.165, 1.54) is 51.4 Å². The molecule has 4 saturated carbocycles. The van der Waals surface area contributed by atoms with Crippen molar-refractivity contribution in [3.63, 3.8) is 0 Å². The summed E-state index contributed by atoms with van der Waals surface area (Å²) in [7, 11) is 0. The first-order chi connectivity index (χ1) is 12.5. The molecule has 0 heterocycles. The molecule has 4 rings (SSSR count). The maximum absolute atomic E-state index is 13.7. The zero-order valence-corrected chi connectivity index (χ0v) is 17.1. The number of hydrogen-bond donors (Lipinski definition) is 0. The minimum atomic E-state index is 0.309. The van der Waals surface area contributed by atoms with Gasteiger partial charge in [0.25, 0.3) is 0 Å². The summed E-state index contributed by atoms with van der Waals surface area (Å²) in [6, 6.07) is 2.36. The lowest BCUT2D eigenvalue weighted by atomic mass is 9.42. The molecule has 4 aliphatic carbocycles. The van der Waals surface area contributed by atoms with Gasteiger partial charge in [0.15, 0.2) is 0 Å². The molecule has 8 atom stereocenters. The summed E-state index contributed by atoms with van der Waals surface area (Å²) >= 11 is 0. The molecule has 0 bridgehead atoms. The highest BCUT2D eigenvalue weighted by molar-refractivity contribution is 5.86. The second-order valence-electron chi connectivity index (χ2n) is 10.5. The number of rotatable bonds is 3. The molecule has 0 saturated heterocycles. The summed E-state index contributed by atoms with van der Waals surface area (Å²) in [5, 5.41) is 9.06. The maximum atomic E-state index is 13.7. The van der Waals surface area contributed by atoms with Crippen LogP contribution in [-0.2, 0) is 4.79 Å². The molecule has 2 nitrogen and oxygen atoms in total. The third-order valence-electron chi connectivity index (χ3n) is 9.87. The van der Waals surface area contributed by atoms with Crippen molar-refractivity contribution in [2.24, 2.45) is 46.3 Å². The number of fused-ring (bicyclic) bond motifs is 5. The number of nitrogens with zero attached hydrogens (tertiary/aromatic N) is 1. The topological polar surface area (TPSA) is 40.9 Å². The fraction of sp³-hybridized carbons (Fsp3) is 0.917. The third kappa shape index (κ3) is 2.45. The van der Waals surface area contributed by atoms with Gasteiger partial charge in [0.05, 0.1) is 6.07 Å². The molecule has 0 radical (unpaired) electrons. The molecule has 4 aliphatic rings. The van der Waals surface area contributed by atoms with Gasteiger partial charge in [-0.2, -0.15) is 5.26 Å². The highest BCUT2D eigenvalue weighted by Gasteiger charge is 2.63. The molecule has 0 spiro atoms. The SMILES string of the molecule is CCC1C(=O)C2C(CCC3(C)C2CC[C@@H]3CCC#N)C2(C)CCCCC12. The summed E-state index contributed by atoms with van der Waals surface area (Å²) < 4.78 is 0. The van der Waals surface area contributed by atoms with Gasteiger partial charge in [0.2, 0.25) is 0 Å². The molecular formula is C24H37NO. The Morgan fingerprint density at radius 3 is 2.50 bits per heavy atom. The fourth-order valence-electron chi connectivity index (χ4n) is 8.54. The summed E-state index contributed by atoms with van der Waals surface area (Å²) in [6.07, 6.45) is 13.2. The van der Waals surface area contributed by atoms with Crippen molar-refractivity contribution in [2.45, 2.75) is 91.4 Å². The van der Waals surface area contributed by atoms with E-state index in [0.29, 0.717) is 58.5 Å². The molecular weight excluding hydrogens is 318 g/mol. The quantitative estimate of drug-likeness (QED) is 0.609. The molecule has 0 N–H and O–H groups in total. The van der Waals surface area contributed by atoms with E-state index in [4.69, 9.17) is 5.26 Å². The Bertz CT molecular complexity index is 606. The van der Waals surface area contributed by atoms with Crippen LogP contribution in [0.2, 0.25) is 0 Å².